The lowest BCUT2D eigenvalue weighted by Crippen LogP contribution is -2.47. The monoisotopic (exact) mass is 328 g/mol. The maximum Gasteiger partial charge on any atom is 0.320 e. The second-order valence-electron chi connectivity index (χ2n) is 6.25. The third-order valence-electron chi connectivity index (χ3n) is 4.66. The SMILES string of the molecule is Cc1cccnc1C(c1ccc(F)cc1)N1CCCCC1C(=O)O. The van der Waals surface area contributed by atoms with Crippen molar-refractivity contribution >= 4 is 5.97 Å². The number of hydrogen-bond acceptors (Lipinski definition) is 3. The number of nitrogens with zero attached hydrogens (tertiary/aromatic N) is 2. The lowest BCUT2D eigenvalue weighted by Gasteiger charge is -2.39. The van der Waals surface area contributed by atoms with Gasteiger partial charge in [0, 0.05) is 6.20 Å². The topological polar surface area (TPSA) is 53.4 Å². The lowest BCUT2D eigenvalue weighted by molar-refractivity contribution is -0.145. The Kier molecular flexibility index (Phi) is 4.90. The molecule has 126 valence electrons. The van der Waals surface area contributed by atoms with Gasteiger partial charge < -0.3 is 5.11 Å². The fourth-order valence-electron chi connectivity index (χ4n) is 3.46. The first-order chi connectivity index (χ1) is 11.6. The van der Waals surface area contributed by atoms with Crippen molar-refractivity contribution in [2.75, 3.05) is 6.54 Å². The summed E-state index contributed by atoms with van der Waals surface area (Å²) >= 11 is 0. The number of pyridine rings is 1. The zero-order valence-electron chi connectivity index (χ0n) is 13.7. The van der Waals surface area contributed by atoms with Gasteiger partial charge in [0.1, 0.15) is 11.9 Å². The number of piperidine rings is 1. The quantitative estimate of drug-likeness (QED) is 0.932. The van der Waals surface area contributed by atoms with E-state index in [4.69, 9.17) is 0 Å². The number of carboxylic acids is 1. The molecule has 2 atom stereocenters. The van der Waals surface area contributed by atoms with Crippen molar-refractivity contribution in [2.45, 2.75) is 38.3 Å². The number of carboxylic acid groups (broad SMARTS) is 1. The van der Waals surface area contributed by atoms with Crippen LogP contribution in [-0.4, -0.2) is 33.5 Å². The molecule has 1 aromatic heterocycles. The molecule has 1 saturated heterocycles. The van der Waals surface area contributed by atoms with E-state index < -0.39 is 12.0 Å². The van der Waals surface area contributed by atoms with E-state index in [1.807, 2.05) is 24.0 Å². The summed E-state index contributed by atoms with van der Waals surface area (Å²) in [4.78, 5) is 18.3. The molecule has 0 radical (unpaired) electrons. The zero-order valence-corrected chi connectivity index (χ0v) is 13.7. The molecule has 0 spiro atoms. The van der Waals surface area contributed by atoms with Gasteiger partial charge in [0.25, 0.3) is 0 Å². The number of carbonyl (C=O) groups is 1. The minimum Gasteiger partial charge on any atom is -0.480 e. The summed E-state index contributed by atoms with van der Waals surface area (Å²) in [5.41, 5.74) is 2.70. The van der Waals surface area contributed by atoms with Gasteiger partial charge in [0.15, 0.2) is 0 Å². The van der Waals surface area contributed by atoms with Crippen molar-refractivity contribution in [2.24, 2.45) is 0 Å². The highest BCUT2D eigenvalue weighted by Gasteiger charge is 2.36. The Bertz CT molecular complexity index is 718. The molecule has 0 amide bonds. The van der Waals surface area contributed by atoms with Crippen LogP contribution in [0, 0.1) is 12.7 Å². The van der Waals surface area contributed by atoms with Crippen LogP contribution in [0.2, 0.25) is 0 Å². The second kappa shape index (κ2) is 7.09. The number of halogens is 1. The second-order valence-corrected chi connectivity index (χ2v) is 6.25. The number of likely N-dealkylation sites (tertiary alicyclic amines) is 1. The maximum atomic E-state index is 13.4. The molecule has 2 unspecified atom stereocenters. The third-order valence-corrected chi connectivity index (χ3v) is 4.66. The van der Waals surface area contributed by atoms with Crippen molar-refractivity contribution < 1.29 is 14.3 Å². The number of aryl methyl sites for hydroxylation is 1. The highest BCUT2D eigenvalue weighted by molar-refractivity contribution is 5.73. The van der Waals surface area contributed by atoms with E-state index in [9.17, 15) is 14.3 Å². The summed E-state index contributed by atoms with van der Waals surface area (Å²) < 4.78 is 13.4. The number of hydrogen-bond donors (Lipinski definition) is 1. The van der Waals surface area contributed by atoms with E-state index >= 15 is 0 Å². The van der Waals surface area contributed by atoms with Crippen molar-refractivity contribution in [3.8, 4) is 0 Å². The maximum absolute atomic E-state index is 13.4. The van der Waals surface area contributed by atoms with Crippen LogP contribution >= 0.6 is 0 Å². The molecular weight excluding hydrogens is 307 g/mol. The van der Waals surface area contributed by atoms with Crippen LogP contribution in [0.25, 0.3) is 0 Å². The van der Waals surface area contributed by atoms with E-state index in [1.54, 1.807) is 18.3 Å². The Morgan fingerprint density at radius 1 is 1.29 bits per heavy atom. The van der Waals surface area contributed by atoms with Crippen LogP contribution in [0.1, 0.15) is 42.1 Å². The Morgan fingerprint density at radius 2 is 2.04 bits per heavy atom. The standard InChI is InChI=1S/C19H21FN2O2/c1-13-5-4-11-21-17(13)18(14-7-9-15(20)10-8-14)22-12-3-2-6-16(22)19(23)24/h4-5,7-11,16,18H,2-3,6,12H2,1H3,(H,23,24). The lowest BCUT2D eigenvalue weighted by atomic mass is 9.92. The largest absolute Gasteiger partial charge is 0.480 e. The van der Waals surface area contributed by atoms with Crippen LogP contribution in [0.5, 0.6) is 0 Å². The third kappa shape index (κ3) is 3.31. The average molecular weight is 328 g/mol. The summed E-state index contributed by atoms with van der Waals surface area (Å²) in [7, 11) is 0. The molecule has 2 heterocycles. The molecule has 1 aliphatic rings. The number of rotatable bonds is 4. The first kappa shape index (κ1) is 16.6. The van der Waals surface area contributed by atoms with Gasteiger partial charge in [0.05, 0.1) is 11.7 Å². The molecule has 1 fully saturated rings. The zero-order chi connectivity index (χ0) is 17.1. The number of aliphatic carboxylic acids is 1. The van der Waals surface area contributed by atoms with Crippen LogP contribution in [-0.2, 0) is 4.79 Å². The first-order valence-electron chi connectivity index (χ1n) is 8.23. The molecule has 24 heavy (non-hydrogen) atoms. The van der Waals surface area contributed by atoms with Gasteiger partial charge >= 0.3 is 5.97 Å². The van der Waals surface area contributed by atoms with Crippen LogP contribution in [0.4, 0.5) is 4.39 Å². The summed E-state index contributed by atoms with van der Waals surface area (Å²) in [5, 5.41) is 9.64. The average Bonchev–Trinajstić information content (AvgIpc) is 2.59. The van der Waals surface area contributed by atoms with E-state index in [0.717, 1.165) is 29.7 Å². The number of aromatic nitrogens is 1. The summed E-state index contributed by atoms with van der Waals surface area (Å²) in [5.74, 6) is -1.11. The van der Waals surface area contributed by atoms with Crippen molar-refractivity contribution in [1.29, 1.82) is 0 Å². The molecule has 1 N–H and O–H groups in total. The summed E-state index contributed by atoms with van der Waals surface area (Å²) in [6.45, 7) is 2.66. The van der Waals surface area contributed by atoms with Gasteiger partial charge in [0.2, 0.25) is 0 Å². The van der Waals surface area contributed by atoms with Crippen molar-refractivity contribution in [3.05, 3.63) is 65.2 Å². The van der Waals surface area contributed by atoms with Gasteiger partial charge in [-0.05, 0) is 55.6 Å². The minimum absolute atomic E-state index is 0.284. The molecule has 0 saturated carbocycles. The Labute approximate surface area is 141 Å². The van der Waals surface area contributed by atoms with E-state index in [2.05, 4.69) is 4.98 Å². The normalized spacial score (nSPS) is 19.8. The van der Waals surface area contributed by atoms with E-state index in [0.29, 0.717) is 13.0 Å². The van der Waals surface area contributed by atoms with E-state index in [1.165, 1.54) is 12.1 Å². The van der Waals surface area contributed by atoms with Crippen LogP contribution < -0.4 is 0 Å². The Morgan fingerprint density at radius 3 is 2.71 bits per heavy atom. The fourth-order valence-corrected chi connectivity index (χ4v) is 3.46. The molecule has 0 aliphatic carbocycles. The van der Waals surface area contributed by atoms with Crippen LogP contribution in [0.3, 0.4) is 0 Å². The van der Waals surface area contributed by atoms with Gasteiger partial charge in [-0.3, -0.25) is 14.7 Å². The fraction of sp³-hybridized carbons (Fsp3) is 0.368. The predicted molar refractivity (Wildman–Crippen MR) is 89.2 cm³/mol. The molecule has 0 bridgehead atoms. The number of benzene rings is 1. The van der Waals surface area contributed by atoms with Gasteiger partial charge in [-0.25, -0.2) is 4.39 Å². The van der Waals surface area contributed by atoms with Crippen molar-refractivity contribution in [3.63, 3.8) is 0 Å². The molecule has 1 aromatic carbocycles. The van der Waals surface area contributed by atoms with Gasteiger partial charge in [-0.2, -0.15) is 0 Å². The first-order valence-corrected chi connectivity index (χ1v) is 8.23. The molecule has 1 aliphatic heterocycles. The molecule has 5 heteroatoms. The van der Waals surface area contributed by atoms with E-state index in [-0.39, 0.29) is 11.9 Å². The Hall–Kier alpha value is -2.27. The van der Waals surface area contributed by atoms with Crippen LogP contribution in [0.15, 0.2) is 42.6 Å². The van der Waals surface area contributed by atoms with Crippen molar-refractivity contribution in [1.82, 2.24) is 9.88 Å². The Balaban J connectivity index is 2.09. The molecule has 2 aromatic rings. The highest BCUT2D eigenvalue weighted by atomic mass is 19.1. The smallest absolute Gasteiger partial charge is 0.320 e. The predicted octanol–water partition coefficient (Wildman–Crippen LogP) is 3.56. The summed E-state index contributed by atoms with van der Waals surface area (Å²) in [6, 6.07) is 9.29. The molecular formula is C19H21FN2O2. The van der Waals surface area contributed by atoms with Gasteiger partial charge in [-0.15, -0.1) is 0 Å². The minimum atomic E-state index is -0.810. The van der Waals surface area contributed by atoms with Gasteiger partial charge in [-0.1, -0.05) is 24.6 Å². The molecule has 4 nitrogen and oxygen atoms in total. The summed E-state index contributed by atoms with van der Waals surface area (Å²) in [6.07, 6.45) is 4.20. The highest BCUT2D eigenvalue weighted by Crippen LogP contribution is 2.34. The molecule has 3 rings (SSSR count).